The first-order valence-corrected chi connectivity index (χ1v) is 9.18. The van der Waals surface area contributed by atoms with Crippen molar-refractivity contribution in [1.29, 1.82) is 0 Å². The Hall–Kier alpha value is -2.14. The molecule has 1 aliphatic heterocycles. The summed E-state index contributed by atoms with van der Waals surface area (Å²) in [6.07, 6.45) is 1.95. The Morgan fingerprint density at radius 2 is 1.62 bits per heavy atom. The highest BCUT2D eigenvalue weighted by Crippen LogP contribution is 2.42. The molecule has 1 heterocycles. The number of hydrogen-bond donors (Lipinski definition) is 0. The Morgan fingerprint density at radius 3 is 2.25 bits per heavy atom. The number of allylic oxidation sites excluding steroid dienone is 1. The van der Waals surface area contributed by atoms with Crippen molar-refractivity contribution in [3.8, 4) is 0 Å². The topological polar surface area (TPSA) is 37.4 Å². The van der Waals surface area contributed by atoms with Gasteiger partial charge in [0, 0.05) is 5.56 Å². The second-order valence-electron chi connectivity index (χ2n) is 6.72. The lowest BCUT2D eigenvalue weighted by molar-refractivity contribution is 0.560. The van der Waals surface area contributed by atoms with E-state index in [4.69, 9.17) is 0 Å². The van der Waals surface area contributed by atoms with Gasteiger partial charge in [0.05, 0.1) is 16.1 Å². The summed E-state index contributed by atoms with van der Waals surface area (Å²) in [5.74, 6) is -0.459. The molecule has 126 valence electrons. The van der Waals surface area contributed by atoms with Gasteiger partial charge in [0.1, 0.15) is 5.82 Å². The molecule has 0 aliphatic carbocycles. The van der Waals surface area contributed by atoms with Crippen LogP contribution in [-0.2, 0) is 10.0 Å². The van der Waals surface area contributed by atoms with Gasteiger partial charge in [-0.3, -0.25) is 4.31 Å². The van der Waals surface area contributed by atoms with Gasteiger partial charge >= 0.3 is 0 Å². The zero-order chi connectivity index (χ0) is 17.7. The number of anilines is 1. The lowest BCUT2D eigenvalue weighted by atomic mass is 9.90. The molecule has 0 saturated heterocycles. The molecule has 3 nitrogen and oxygen atoms in total. The Balaban J connectivity index is 2.26. The number of nitrogens with zero attached hydrogens (tertiary/aromatic N) is 1. The van der Waals surface area contributed by atoms with E-state index in [-0.39, 0.29) is 4.90 Å². The van der Waals surface area contributed by atoms with Crippen LogP contribution in [0.15, 0.2) is 53.4 Å². The normalized spacial score (nSPS) is 16.5. The molecule has 0 bridgehead atoms. The molecular weight excluding hydrogens is 325 g/mol. The largest absolute Gasteiger partial charge is 0.265 e. The molecule has 0 saturated carbocycles. The van der Waals surface area contributed by atoms with Crippen LogP contribution in [0.5, 0.6) is 0 Å². The highest BCUT2D eigenvalue weighted by atomic mass is 32.2. The summed E-state index contributed by atoms with van der Waals surface area (Å²) in [4.78, 5) is 0.0809. The third-order valence-corrected chi connectivity index (χ3v) is 6.26. The Labute approximate surface area is 142 Å². The lowest BCUT2D eigenvalue weighted by Crippen LogP contribution is -2.48. The van der Waals surface area contributed by atoms with Crippen LogP contribution < -0.4 is 4.31 Å². The van der Waals surface area contributed by atoms with Gasteiger partial charge in [-0.05, 0) is 69.2 Å². The van der Waals surface area contributed by atoms with E-state index in [1.54, 1.807) is 0 Å². The second-order valence-corrected chi connectivity index (χ2v) is 8.51. The van der Waals surface area contributed by atoms with Gasteiger partial charge in [0.25, 0.3) is 10.0 Å². The predicted octanol–water partition coefficient (Wildman–Crippen LogP) is 4.52. The van der Waals surface area contributed by atoms with Crippen molar-refractivity contribution >= 4 is 21.3 Å². The highest BCUT2D eigenvalue weighted by molar-refractivity contribution is 7.93. The molecular formula is C19H20FNO2S. The first-order chi connectivity index (χ1) is 11.1. The smallest absolute Gasteiger partial charge is 0.256 e. The number of fused-ring (bicyclic) bond motifs is 1. The molecule has 0 atom stereocenters. The van der Waals surface area contributed by atoms with Gasteiger partial charge in [0.2, 0.25) is 0 Å². The summed E-state index contributed by atoms with van der Waals surface area (Å²) in [6.45, 7) is 7.65. The van der Waals surface area contributed by atoms with Crippen LogP contribution in [0.2, 0.25) is 0 Å². The van der Waals surface area contributed by atoms with Crippen molar-refractivity contribution in [1.82, 2.24) is 0 Å². The Kier molecular flexibility index (Phi) is 3.79. The summed E-state index contributed by atoms with van der Waals surface area (Å²) in [6, 6.07) is 10.7. The monoisotopic (exact) mass is 345 g/mol. The summed E-state index contributed by atoms with van der Waals surface area (Å²) in [5, 5.41) is 0. The number of sulfonamides is 1. The molecule has 1 aliphatic rings. The maximum atomic E-state index is 13.3. The van der Waals surface area contributed by atoms with Crippen LogP contribution in [0.1, 0.15) is 31.9 Å². The third-order valence-electron chi connectivity index (χ3n) is 4.24. The molecule has 2 aromatic carbocycles. The van der Waals surface area contributed by atoms with Crippen molar-refractivity contribution < 1.29 is 12.8 Å². The quantitative estimate of drug-likeness (QED) is 0.802. The standard InChI is InChI=1S/C19H20FNO2S/c1-13-5-10-17-14(2)12-19(3,4)21(18(17)11-13)24(22,23)16-8-6-15(20)7-9-16/h5-12H,1-4H3. The molecule has 0 amide bonds. The molecule has 0 radical (unpaired) electrons. The first kappa shape index (κ1) is 16.7. The van der Waals surface area contributed by atoms with Crippen molar-refractivity contribution in [3.63, 3.8) is 0 Å². The fourth-order valence-electron chi connectivity index (χ4n) is 3.27. The van der Waals surface area contributed by atoms with E-state index >= 15 is 0 Å². The summed E-state index contributed by atoms with van der Waals surface area (Å²) in [5.41, 5.74) is 2.85. The molecule has 24 heavy (non-hydrogen) atoms. The van der Waals surface area contributed by atoms with E-state index in [9.17, 15) is 12.8 Å². The molecule has 0 spiro atoms. The van der Waals surface area contributed by atoms with Crippen molar-refractivity contribution in [2.45, 2.75) is 38.1 Å². The SMILES string of the molecule is CC1=CC(C)(C)N(S(=O)(=O)c2ccc(F)cc2)c2cc(C)ccc21. The van der Waals surface area contributed by atoms with Gasteiger partial charge in [-0.2, -0.15) is 0 Å². The number of rotatable bonds is 2. The van der Waals surface area contributed by atoms with Crippen LogP contribution in [0, 0.1) is 12.7 Å². The lowest BCUT2D eigenvalue weighted by Gasteiger charge is -2.42. The maximum Gasteiger partial charge on any atom is 0.265 e. The van der Waals surface area contributed by atoms with Crippen LogP contribution >= 0.6 is 0 Å². The molecule has 3 rings (SSSR count). The minimum absolute atomic E-state index is 0.0809. The van der Waals surface area contributed by atoms with Crippen LogP contribution in [0.3, 0.4) is 0 Å². The highest BCUT2D eigenvalue weighted by Gasteiger charge is 2.40. The summed E-state index contributed by atoms with van der Waals surface area (Å²) < 4.78 is 41.2. The van der Waals surface area contributed by atoms with Crippen molar-refractivity contribution in [2.24, 2.45) is 0 Å². The minimum Gasteiger partial charge on any atom is -0.256 e. The molecule has 0 fully saturated rings. The zero-order valence-corrected chi connectivity index (χ0v) is 15.0. The van der Waals surface area contributed by atoms with E-state index in [2.05, 4.69) is 0 Å². The fraction of sp³-hybridized carbons (Fsp3) is 0.263. The van der Waals surface area contributed by atoms with E-state index in [1.807, 2.05) is 52.0 Å². The molecule has 0 N–H and O–H groups in total. The van der Waals surface area contributed by atoms with E-state index < -0.39 is 21.4 Å². The fourth-order valence-corrected chi connectivity index (χ4v) is 5.04. The minimum atomic E-state index is -3.82. The van der Waals surface area contributed by atoms with Crippen molar-refractivity contribution in [3.05, 3.63) is 65.5 Å². The average Bonchev–Trinajstić information content (AvgIpc) is 2.45. The Bertz CT molecular complexity index is 928. The van der Waals surface area contributed by atoms with E-state index in [1.165, 1.54) is 28.6 Å². The number of halogens is 1. The zero-order valence-electron chi connectivity index (χ0n) is 14.2. The van der Waals surface area contributed by atoms with E-state index in [0.29, 0.717) is 5.69 Å². The van der Waals surface area contributed by atoms with E-state index in [0.717, 1.165) is 16.7 Å². The molecule has 5 heteroatoms. The number of benzene rings is 2. The van der Waals surface area contributed by atoms with Crippen LogP contribution in [0.4, 0.5) is 10.1 Å². The van der Waals surface area contributed by atoms with Crippen LogP contribution in [0.25, 0.3) is 5.57 Å². The summed E-state index contributed by atoms with van der Waals surface area (Å²) in [7, 11) is -3.82. The molecule has 0 unspecified atom stereocenters. The molecule has 2 aromatic rings. The Morgan fingerprint density at radius 1 is 1.00 bits per heavy atom. The van der Waals surface area contributed by atoms with Gasteiger partial charge in [-0.1, -0.05) is 18.2 Å². The second kappa shape index (κ2) is 5.45. The number of hydrogen-bond acceptors (Lipinski definition) is 2. The van der Waals surface area contributed by atoms with Gasteiger partial charge < -0.3 is 0 Å². The van der Waals surface area contributed by atoms with Gasteiger partial charge in [0.15, 0.2) is 0 Å². The predicted molar refractivity (Wildman–Crippen MR) is 95.0 cm³/mol. The number of aryl methyl sites for hydroxylation is 1. The van der Waals surface area contributed by atoms with Gasteiger partial charge in [-0.25, -0.2) is 12.8 Å². The summed E-state index contributed by atoms with van der Waals surface area (Å²) >= 11 is 0. The van der Waals surface area contributed by atoms with Gasteiger partial charge in [-0.15, -0.1) is 0 Å². The third kappa shape index (κ3) is 2.63. The first-order valence-electron chi connectivity index (χ1n) is 7.74. The molecule has 0 aromatic heterocycles. The van der Waals surface area contributed by atoms with Crippen LogP contribution in [-0.4, -0.2) is 14.0 Å². The maximum absolute atomic E-state index is 13.3. The van der Waals surface area contributed by atoms with Crippen molar-refractivity contribution in [2.75, 3.05) is 4.31 Å². The average molecular weight is 345 g/mol.